The van der Waals surface area contributed by atoms with Crippen LogP contribution in [0.4, 0.5) is 0 Å². The highest BCUT2D eigenvalue weighted by molar-refractivity contribution is 5.71. The zero-order valence-electron chi connectivity index (χ0n) is 47.4. The number of hydrogen-bond donors (Lipinski definition) is 0. The van der Waals surface area contributed by atoms with Crippen LogP contribution in [0.15, 0.2) is 122 Å². The molecular formula is C67H110O6. The Bertz CT molecular complexity index is 1540. The molecule has 0 fully saturated rings. The molecule has 0 aromatic heterocycles. The molecule has 6 heteroatoms. The van der Waals surface area contributed by atoms with E-state index in [0.29, 0.717) is 19.3 Å². The summed E-state index contributed by atoms with van der Waals surface area (Å²) in [7, 11) is 0. The van der Waals surface area contributed by atoms with Crippen molar-refractivity contribution < 1.29 is 28.6 Å². The van der Waals surface area contributed by atoms with E-state index in [1.807, 2.05) is 0 Å². The lowest BCUT2D eigenvalue weighted by Gasteiger charge is -2.18. The highest BCUT2D eigenvalue weighted by Gasteiger charge is 2.19. The molecule has 0 aliphatic carbocycles. The predicted molar refractivity (Wildman–Crippen MR) is 316 cm³/mol. The smallest absolute Gasteiger partial charge is 0.306 e. The van der Waals surface area contributed by atoms with Gasteiger partial charge in [-0.15, -0.1) is 0 Å². The minimum absolute atomic E-state index is 0.0842. The third-order valence-corrected chi connectivity index (χ3v) is 12.4. The second-order valence-corrected chi connectivity index (χ2v) is 19.5. The van der Waals surface area contributed by atoms with Gasteiger partial charge in [0.1, 0.15) is 13.2 Å². The monoisotopic (exact) mass is 1010 g/mol. The van der Waals surface area contributed by atoms with Crippen LogP contribution in [-0.2, 0) is 28.6 Å². The average Bonchev–Trinajstić information content (AvgIpc) is 3.39. The van der Waals surface area contributed by atoms with E-state index in [1.54, 1.807) is 0 Å². The lowest BCUT2D eigenvalue weighted by atomic mass is 10.1. The van der Waals surface area contributed by atoms with Gasteiger partial charge in [-0.3, -0.25) is 14.4 Å². The average molecular weight is 1010 g/mol. The third-order valence-electron chi connectivity index (χ3n) is 12.4. The van der Waals surface area contributed by atoms with Crippen LogP contribution in [0.3, 0.4) is 0 Å². The molecule has 0 heterocycles. The first kappa shape index (κ1) is 68.8. The summed E-state index contributed by atoms with van der Waals surface area (Å²) in [6.45, 7) is 6.43. The highest BCUT2D eigenvalue weighted by atomic mass is 16.6. The van der Waals surface area contributed by atoms with E-state index in [9.17, 15) is 14.4 Å². The van der Waals surface area contributed by atoms with Gasteiger partial charge in [0.25, 0.3) is 0 Å². The number of carbonyl (C=O) groups is 3. The van der Waals surface area contributed by atoms with Gasteiger partial charge in [0, 0.05) is 19.3 Å². The number of ether oxygens (including phenoxy) is 3. The first-order valence-electron chi connectivity index (χ1n) is 30.0. The van der Waals surface area contributed by atoms with Crippen molar-refractivity contribution in [3.63, 3.8) is 0 Å². The van der Waals surface area contributed by atoms with Gasteiger partial charge in [0.05, 0.1) is 0 Å². The Morgan fingerprint density at radius 2 is 0.562 bits per heavy atom. The van der Waals surface area contributed by atoms with E-state index < -0.39 is 6.10 Å². The van der Waals surface area contributed by atoms with Crippen molar-refractivity contribution in [2.24, 2.45) is 0 Å². The number of carbonyl (C=O) groups excluding carboxylic acids is 3. The zero-order valence-corrected chi connectivity index (χ0v) is 47.4. The largest absolute Gasteiger partial charge is 0.462 e. The molecule has 414 valence electrons. The van der Waals surface area contributed by atoms with Crippen LogP contribution in [-0.4, -0.2) is 37.2 Å². The first-order valence-corrected chi connectivity index (χ1v) is 30.0. The molecule has 0 aromatic carbocycles. The Hall–Kier alpha value is -4.19. The van der Waals surface area contributed by atoms with Crippen LogP contribution in [0.1, 0.15) is 265 Å². The zero-order chi connectivity index (χ0) is 52.9. The van der Waals surface area contributed by atoms with Gasteiger partial charge in [-0.05, 0) is 109 Å². The van der Waals surface area contributed by atoms with Crippen LogP contribution in [0.5, 0.6) is 0 Å². The van der Waals surface area contributed by atoms with Crippen molar-refractivity contribution in [1.82, 2.24) is 0 Å². The van der Waals surface area contributed by atoms with Crippen molar-refractivity contribution in [3.05, 3.63) is 122 Å². The topological polar surface area (TPSA) is 78.9 Å². The fraction of sp³-hybridized carbons (Fsp3) is 0.657. The van der Waals surface area contributed by atoms with Gasteiger partial charge in [-0.25, -0.2) is 0 Å². The summed E-state index contributed by atoms with van der Waals surface area (Å²) in [5.41, 5.74) is 0. The summed E-state index contributed by atoms with van der Waals surface area (Å²) >= 11 is 0. The van der Waals surface area contributed by atoms with Crippen LogP contribution >= 0.6 is 0 Å². The van der Waals surface area contributed by atoms with E-state index in [2.05, 4.69) is 142 Å². The molecule has 1 unspecified atom stereocenters. The Balaban J connectivity index is 4.14. The molecule has 0 aliphatic rings. The van der Waals surface area contributed by atoms with Crippen molar-refractivity contribution in [2.45, 2.75) is 271 Å². The number of hydrogen-bond acceptors (Lipinski definition) is 6. The summed E-state index contributed by atoms with van der Waals surface area (Å²) in [4.78, 5) is 37.9. The molecule has 0 N–H and O–H groups in total. The maximum atomic E-state index is 12.8. The van der Waals surface area contributed by atoms with Gasteiger partial charge < -0.3 is 14.2 Å². The summed E-state index contributed by atoms with van der Waals surface area (Å²) in [5, 5.41) is 0. The fourth-order valence-electron chi connectivity index (χ4n) is 7.97. The summed E-state index contributed by atoms with van der Waals surface area (Å²) in [6.07, 6.45) is 83.6. The molecule has 1 atom stereocenters. The number of rotatable bonds is 53. The molecule has 73 heavy (non-hydrogen) atoms. The Morgan fingerprint density at radius 1 is 0.288 bits per heavy atom. The molecule has 0 bridgehead atoms. The van der Waals surface area contributed by atoms with Crippen molar-refractivity contribution in [3.8, 4) is 0 Å². The molecule has 0 radical (unpaired) electrons. The van der Waals surface area contributed by atoms with E-state index >= 15 is 0 Å². The maximum absolute atomic E-state index is 12.8. The van der Waals surface area contributed by atoms with Crippen molar-refractivity contribution in [2.75, 3.05) is 13.2 Å². The van der Waals surface area contributed by atoms with Crippen molar-refractivity contribution in [1.29, 1.82) is 0 Å². The molecule has 0 aromatic rings. The summed E-state index contributed by atoms with van der Waals surface area (Å²) < 4.78 is 16.8. The molecular weight excluding hydrogens is 901 g/mol. The van der Waals surface area contributed by atoms with Crippen LogP contribution in [0, 0.1) is 0 Å². The first-order chi connectivity index (χ1) is 36.0. The van der Waals surface area contributed by atoms with E-state index in [1.165, 1.54) is 83.5 Å². The number of esters is 3. The fourth-order valence-corrected chi connectivity index (χ4v) is 7.97. The minimum Gasteiger partial charge on any atom is -0.462 e. The van der Waals surface area contributed by atoms with Crippen molar-refractivity contribution >= 4 is 17.9 Å². The molecule has 0 spiro atoms. The second kappa shape index (κ2) is 60.4. The van der Waals surface area contributed by atoms with Crippen LogP contribution in [0.2, 0.25) is 0 Å². The summed E-state index contributed by atoms with van der Waals surface area (Å²) in [6, 6.07) is 0. The molecule has 0 rings (SSSR count). The van der Waals surface area contributed by atoms with Gasteiger partial charge in [-0.2, -0.15) is 0 Å². The maximum Gasteiger partial charge on any atom is 0.306 e. The molecule has 0 saturated carbocycles. The SMILES string of the molecule is CC/C=C\C/C=C\C/C=C\C/C=C\C/C=C\C/C=C\C/C=C\C/C=C\C/C=C\CCCCCCCCCC(=O)OCC(COC(=O)CCCCCCCCCCCC)OC(=O)CCCCCCC/C=C\CCC. The minimum atomic E-state index is -0.785. The van der Waals surface area contributed by atoms with Gasteiger partial charge in [0.15, 0.2) is 6.10 Å². The number of allylic oxidation sites excluding steroid dienone is 20. The van der Waals surface area contributed by atoms with E-state index in [4.69, 9.17) is 14.2 Å². The predicted octanol–water partition coefficient (Wildman–Crippen LogP) is 20.4. The van der Waals surface area contributed by atoms with E-state index in [0.717, 1.165) is 141 Å². The Kier molecular flexibility index (Phi) is 56.9. The molecule has 6 nitrogen and oxygen atoms in total. The summed E-state index contributed by atoms with van der Waals surface area (Å²) in [5.74, 6) is -0.910. The van der Waals surface area contributed by atoms with Gasteiger partial charge in [-0.1, -0.05) is 258 Å². The molecule has 0 saturated heterocycles. The normalized spacial score (nSPS) is 13.0. The van der Waals surface area contributed by atoms with Gasteiger partial charge in [0.2, 0.25) is 0 Å². The lowest BCUT2D eigenvalue weighted by molar-refractivity contribution is -0.167. The third kappa shape index (κ3) is 58.6. The van der Waals surface area contributed by atoms with E-state index in [-0.39, 0.29) is 31.1 Å². The standard InChI is InChI=1S/C67H110O6/c1-4-7-10-13-16-19-22-23-24-25-26-27-28-29-30-31-32-33-34-35-36-37-38-39-40-41-42-43-44-45-46-49-51-54-57-60-66(69)72-63-64(73-67(70)61-58-55-52-48-21-18-15-12-9-6-3)62-71-65(68)59-56-53-50-47-20-17-14-11-8-5-2/h7,10,12,15-16,19,23-24,26-27,29-30,32-33,35-36,38-39,41-42,64H,4-6,8-9,11,13-14,17-18,20-22,25,28,31,34,37,40,43-63H2,1-3H3/b10-7-,15-12-,19-16-,24-23-,27-26-,30-29-,33-32-,36-35-,39-38-,42-41-. The lowest BCUT2D eigenvalue weighted by Crippen LogP contribution is -2.30. The highest BCUT2D eigenvalue weighted by Crippen LogP contribution is 2.15. The second-order valence-electron chi connectivity index (χ2n) is 19.5. The Morgan fingerprint density at radius 3 is 0.904 bits per heavy atom. The quantitative estimate of drug-likeness (QED) is 0.0261. The number of unbranched alkanes of at least 4 members (excludes halogenated alkanes) is 22. The Labute approximate surface area is 450 Å². The van der Waals surface area contributed by atoms with Gasteiger partial charge >= 0.3 is 17.9 Å². The van der Waals surface area contributed by atoms with Crippen LogP contribution in [0.25, 0.3) is 0 Å². The molecule has 0 amide bonds. The molecule has 0 aliphatic heterocycles. The van der Waals surface area contributed by atoms with Crippen LogP contribution < -0.4 is 0 Å².